The van der Waals surface area contributed by atoms with Gasteiger partial charge in [0, 0.05) is 16.6 Å². The van der Waals surface area contributed by atoms with Gasteiger partial charge in [0.15, 0.2) is 0 Å². The van der Waals surface area contributed by atoms with E-state index in [1.165, 1.54) is 0 Å². The Morgan fingerprint density at radius 1 is 1.00 bits per heavy atom. The molecule has 0 aromatic heterocycles. The van der Waals surface area contributed by atoms with E-state index in [4.69, 9.17) is 4.74 Å². The van der Waals surface area contributed by atoms with Crippen LogP contribution in [-0.4, -0.2) is 63.0 Å². The van der Waals surface area contributed by atoms with Gasteiger partial charge in [0.05, 0.1) is 35.8 Å². The number of carbonyl (C=O) groups is 3. The minimum Gasteiger partial charge on any atom is -0.494 e. The molecular formula is C35H39N3O5S. The van der Waals surface area contributed by atoms with E-state index < -0.39 is 28.7 Å². The van der Waals surface area contributed by atoms with Gasteiger partial charge in [-0.2, -0.15) is 0 Å². The number of ether oxygens (including phenoxy) is 1. The minimum atomic E-state index is -0.835. The fraction of sp³-hybridized carbons (Fsp3) is 0.400. The van der Waals surface area contributed by atoms with Crippen LogP contribution in [0.15, 0.2) is 72.8 Å². The lowest BCUT2D eigenvalue weighted by molar-refractivity contribution is -0.141. The fourth-order valence-electron chi connectivity index (χ4n) is 7.45. The Bertz CT molecular complexity index is 1530. The number of aliphatic hydroxyl groups excluding tert-OH is 1. The van der Waals surface area contributed by atoms with Crippen molar-refractivity contribution in [2.24, 2.45) is 11.8 Å². The summed E-state index contributed by atoms with van der Waals surface area (Å²) in [7, 11) is 0. The highest BCUT2D eigenvalue weighted by atomic mass is 32.2. The number of aryl methyl sites for hydroxylation is 2. The third kappa shape index (κ3) is 5.26. The zero-order valence-electron chi connectivity index (χ0n) is 25.3. The van der Waals surface area contributed by atoms with Crippen LogP contribution in [-0.2, 0) is 20.8 Å². The Morgan fingerprint density at radius 3 is 2.36 bits per heavy atom. The predicted molar refractivity (Wildman–Crippen MR) is 173 cm³/mol. The summed E-state index contributed by atoms with van der Waals surface area (Å²) in [6, 6.07) is 21.3. The highest BCUT2D eigenvalue weighted by Crippen LogP contribution is 2.66. The van der Waals surface area contributed by atoms with Gasteiger partial charge in [-0.25, -0.2) is 0 Å². The Kier molecular flexibility index (Phi) is 8.44. The second-order valence-electron chi connectivity index (χ2n) is 12.0. The van der Waals surface area contributed by atoms with Gasteiger partial charge >= 0.3 is 0 Å². The summed E-state index contributed by atoms with van der Waals surface area (Å²) in [5.41, 5.74) is 4.19. The maximum absolute atomic E-state index is 14.6. The second kappa shape index (κ2) is 12.3. The van der Waals surface area contributed by atoms with Gasteiger partial charge in [-0.05, 0) is 81.0 Å². The van der Waals surface area contributed by atoms with E-state index in [2.05, 4.69) is 10.6 Å². The van der Waals surface area contributed by atoms with Crippen LogP contribution in [0.5, 0.6) is 5.75 Å². The average Bonchev–Trinajstić information content (AvgIpc) is 3.67. The van der Waals surface area contributed by atoms with Crippen molar-refractivity contribution in [3.63, 3.8) is 0 Å². The van der Waals surface area contributed by atoms with E-state index in [0.717, 1.165) is 28.8 Å². The maximum Gasteiger partial charge on any atom is 0.248 e. The first-order chi connectivity index (χ1) is 21.3. The van der Waals surface area contributed by atoms with E-state index in [9.17, 15) is 19.5 Å². The molecule has 3 aliphatic rings. The molecule has 0 saturated carbocycles. The van der Waals surface area contributed by atoms with E-state index in [0.29, 0.717) is 30.9 Å². The van der Waals surface area contributed by atoms with Crippen LogP contribution in [0.4, 0.5) is 11.4 Å². The first kappa shape index (κ1) is 30.2. The largest absolute Gasteiger partial charge is 0.494 e. The third-order valence-corrected chi connectivity index (χ3v) is 11.3. The highest BCUT2D eigenvalue weighted by Gasteiger charge is 2.74. The summed E-state index contributed by atoms with van der Waals surface area (Å²) in [6.45, 7) is 6.06. The molecule has 3 saturated heterocycles. The SMILES string of the molecule is CCOc1ccc(NC(=O)[C@@H]2[C@@H]3CCC4(S3)C(C(=O)Nc3c(C)cccc3C)N([C@@H](CO)Cc3ccccc3)C(=O)[C@H]24)cc1. The molecule has 3 N–H and O–H groups in total. The Morgan fingerprint density at radius 2 is 1.70 bits per heavy atom. The summed E-state index contributed by atoms with van der Waals surface area (Å²) >= 11 is 1.62. The molecule has 3 amide bonds. The quantitative estimate of drug-likeness (QED) is 0.298. The van der Waals surface area contributed by atoms with Gasteiger partial charge in [-0.1, -0.05) is 48.5 Å². The van der Waals surface area contributed by atoms with E-state index in [-0.39, 0.29) is 29.6 Å². The molecular weight excluding hydrogens is 574 g/mol. The van der Waals surface area contributed by atoms with Crippen LogP contribution in [0.1, 0.15) is 36.5 Å². The summed E-state index contributed by atoms with van der Waals surface area (Å²) in [5, 5.41) is 16.8. The minimum absolute atomic E-state index is 0.0778. The van der Waals surface area contributed by atoms with Gasteiger partial charge in [0.25, 0.3) is 0 Å². The molecule has 3 aromatic rings. The molecule has 1 spiro atoms. The van der Waals surface area contributed by atoms with E-state index >= 15 is 0 Å². The van der Waals surface area contributed by atoms with Crippen LogP contribution in [0, 0.1) is 25.7 Å². The molecule has 6 atom stereocenters. The molecule has 0 radical (unpaired) electrons. The molecule has 6 rings (SSSR count). The number of benzene rings is 3. The van der Waals surface area contributed by atoms with Crippen LogP contribution in [0.2, 0.25) is 0 Å². The van der Waals surface area contributed by atoms with Crippen LogP contribution in [0.25, 0.3) is 0 Å². The number of likely N-dealkylation sites (tertiary alicyclic amines) is 1. The van der Waals surface area contributed by atoms with Crippen LogP contribution >= 0.6 is 11.8 Å². The number of amides is 3. The molecule has 2 unspecified atom stereocenters. The number of fused-ring (bicyclic) bond motifs is 1. The predicted octanol–water partition coefficient (Wildman–Crippen LogP) is 4.97. The molecule has 3 fully saturated rings. The Hall–Kier alpha value is -3.82. The van der Waals surface area contributed by atoms with Gasteiger partial charge in [0.1, 0.15) is 11.8 Å². The maximum atomic E-state index is 14.6. The average molecular weight is 614 g/mol. The number of nitrogens with zero attached hydrogens (tertiary/aromatic N) is 1. The zero-order chi connectivity index (χ0) is 31.0. The van der Waals surface area contributed by atoms with Crippen molar-refractivity contribution in [1.82, 2.24) is 4.90 Å². The standard InChI is InChI=1S/C35H39N3O5S/c1-4-43-26-15-13-24(14-16-26)36-32(40)28-27-17-18-35(44-27)29(28)34(42)38(25(20-39)19-23-11-6-5-7-12-23)31(35)33(41)37-30-21(2)9-8-10-22(30)3/h5-16,25,27-29,31,39H,4,17-20H2,1-3H3,(H,36,40)(H,37,41)/t25-,27+,28-,29+,31?,35?/m1/s1. The van der Waals surface area contributed by atoms with Crippen molar-refractivity contribution in [3.8, 4) is 5.75 Å². The van der Waals surface area contributed by atoms with E-state index in [1.807, 2.05) is 81.4 Å². The van der Waals surface area contributed by atoms with Gasteiger partial charge < -0.3 is 25.4 Å². The summed E-state index contributed by atoms with van der Waals surface area (Å²) in [6.07, 6.45) is 1.78. The number of carbonyl (C=O) groups excluding carboxylic acids is 3. The monoisotopic (exact) mass is 613 g/mol. The van der Waals surface area contributed by atoms with Crippen molar-refractivity contribution in [2.75, 3.05) is 23.8 Å². The number of aliphatic hydroxyl groups is 1. The lowest BCUT2D eigenvalue weighted by atomic mass is 9.70. The van der Waals surface area contributed by atoms with Gasteiger partial charge in [-0.15, -0.1) is 11.8 Å². The molecule has 2 bridgehead atoms. The lowest BCUT2D eigenvalue weighted by Crippen LogP contribution is -2.55. The van der Waals surface area contributed by atoms with Crippen LogP contribution < -0.4 is 15.4 Å². The molecule has 9 heteroatoms. The number of thioether (sulfide) groups is 1. The van der Waals surface area contributed by atoms with Crippen LogP contribution in [0.3, 0.4) is 0 Å². The zero-order valence-corrected chi connectivity index (χ0v) is 26.1. The van der Waals surface area contributed by atoms with Crippen molar-refractivity contribution < 1.29 is 24.2 Å². The number of hydrogen-bond donors (Lipinski definition) is 3. The van der Waals surface area contributed by atoms with Crippen molar-refractivity contribution in [3.05, 3.63) is 89.5 Å². The van der Waals surface area contributed by atoms with Crippen molar-refractivity contribution >= 4 is 40.9 Å². The highest BCUT2D eigenvalue weighted by molar-refractivity contribution is 8.02. The lowest BCUT2D eigenvalue weighted by Gasteiger charge is -2.37. The summed E-state index contributed by atoms with van der Waals surface area (Å²) < 4.78 is 4.76. The van der Waals surface area contributed by atoms with Gasteiger partial charge in [-0.3, -0.25) is 14.4 Å². The molecule has 230 valence electrons. The molecule has 3 aromatic carbocycles. The Labute approximate surface area is 262 Å². The molecule has 3 heterocycles. The number of nitrogens with one attached hydrogen (secondary N) is 2. The normalized spacial score (nSPS) is 25.9. The molecule has 8 nitrogen and oxygen atoms in total. The first-order valence-corrected chi connectivity index (χ1v) is 16.2. The first-order valence-electron chi connectivity index (χ1n) is 15.3. The molecule has 44 heavy (non-hydrogen) atoms. The summed E-state index contributed by atoms with van der Waals surface area (Å²) in [5.74, 6) is -1.27. The number of anilines is 2. The third-order valence-electron chi connectivity index (χ3n) is 9.37. The number of para-hydroxylation sites is 1. The fourth-order valence-corrected chi connectivity index (χ4v) is 9.66. The van der Waals surface area contributed by atoms with Gasteiger partial charge in [0.2, 0.25) is 17.7 Å². The number of rotatable bonds is 10. The van der Waals surface area contributed by atoms with Crippen molar-refractivity contribution in [1.29, 1.82) is 0 Å². The van der Waals surface area contributed by atoms with Crippen molar-refractivity contribution in [2.45, 2.75) is 62.1 Å². The molecule has 3 aliphatic heterocycles. The van der Waals surface area contributed by atoms with E-state index in [1.54, 1.807) is 28.8 Å². The Balaban J connectivity index is 1.35. The number of hydrogen-bond acceptors (Lipinski definition) is 6. The second-order valence-corrected chi connectivity index (χ2v) is 13.6. The topological polar surface area (TPSA) is 108 Å². The summed E-state index contributed by atoms with van der Waals surface area (Å²) in [4.78, 5) is 44.5. The molecule has 0 aliphatic carbocycles. The smallest absolute Gasteiger partial charge is 0.248 e.